The Morgan fingerprint density at radius 1 is 1.58 bits per heavy atom. The van der Waals surface area contributed by atoms with Crippen LogP contribution in [0.5, 0.6) is 0 Å². The molecule has 1 heterocycles. The number of nitrogen functional groups attached to an aromatic ring is 1. The van der Waals surface area contributed by atoms with E-state index in [0.29, 0.717) is 10.0 Å². The number of nitrogens with two attached hydrogens (primary N) is 1. The Hall–Kier alpha value is -1.34. The summed E-state index contributed by atoms with van der Waals surface area (Å²) >= 11 is 1.24. The molecule has 108 valence electrons. The molecule has 1 amide bonds. The second-order valence-electron chi connectivity index (χ2n) is 4.99. The quantitative estimate of drug-likeness (QED) is 0.735. The first-order valence-corrected chi connectivity index (χ1v) is 7.04. The lowest BCUT2D eigenvalue weighted by Crippen LogP contribution is -2.47. The second-order valence-corrected chi connectivity index (χ2v) is 5.99. The van der Waals surface area contributed by atoms with Crippen LogP contribution in [0.3, 0.4) is 0 Å². The lowest BCUT2D eigenvalue weighted by molar-refractivity contribution is 0.0478. The zero-order chi connectivity index (χ0) is 14.6. The highest BCUT2D eigenvalue weighted by molar-refractivity contribution is 7.18. The van der Waals surface area contributed by atoms with Crippen molar-refractivity contribution >= 4 is 28.2 Å². The molecule has 0 saturated carbocycles. The van der Waals surface area contributed by atoms with Crippen LogP contribution in [0.1, 0.15) is 36.9 Å². The van der Waals surface area contributed by atoms with Crippen LogP contribution < -0.4 is 11.1 Å². The molecular formula is C12H22N4O2S. The first-order chi connectivity index (χ1) is 8.83. The Balaban J connectivity index is 2.91. The van der Waals surface area contributed by atoms with Gasteiger partial charge in [-0.25, -0.2) is 4.98 Å². The normalized spacial score (nSPS) is 11.4. The number of rotatable bonds is 6. The third kappa shape index (κ3) is 3.57. The van der Waals surface area contributed by atoms with Crippen LogP contribution in [0.25, 0.3) is 0 Å². The van der Waals surface area contributed by atoms with Gasteiger partial charge in [0.2, 0.25) is 0 Å². The number of hydrogen-bond donors (Lipinski definition) is 3. The highest BCUT2D eigenvalue weighted by atomic mass is 32.1. The van der Waals surface area contributed by atoms with Gasteiger partial charge in [0.1, 0.15) is 10.7 Å². The molecule has 0 atom stereocenters. The fraction of sp³-hybridized carbons (Fsp3) is 0.667. The average Bonchev–Trinajstić information content (AvgIpc) is 2.75. The summed E-state index contributed by atoms with van der Waals surface area (Å²) < 4.78 is 0. The van der Waals surface area contributed by atoms with Crippen molar-refractivity contribution in [2.24, 2.45) is 0 Å². The molecule has 1 aromatic heterocycles. The van der Waals surface area contributed by atoms with Crippen LogP contribution in [0.4, 0.5) is 10.9 Å². The van der Waals surface area contributed by atoms with Gasteiger partial charge in [0.15, 0.2) is 5.13 Å². The van der Waals surface area contributed by atoms with Gasteiger partial charge in [-0.3, -0.25) is 4.79 Å². The van der Waals surface area contributed by atoms with E-state index >= 15 is 0 Å². The highest BCUT2D eigenvalue weighted by Crippen LogP contribution is 2.27. The molecule has 0 spiro atoms. The number of nitrogens with zero attached hydrogens (tertiary/aromatic N) is 2. The first-order valence-electron chi connectivity index (χ1n) is 6.22. The molecule has 0 aromatic carbocycles. The summed E-state index contributed by atoms with van der Waals surface area (Å²) in [6.45, 7) is 6.30. The Morgan fingerprint density at radius 3 is 2.74 bits per heavy atom. The van der Waals surface area contributed by atoms with Crippen molar-refractivity contribution < 1.29 is 9.90 Å². The largest absolute Gasteiger partial charge is 0.394 e. The monoisotopic (exact) mass is 286 g/mol. The van der Waals surface area contributed by atoms with Crippen molar-refractivity contribution in [3.05, 3.63) is 4.88 Å². The minimum Gasteiger partial charge on any atom is -0.394 e. The molecule has 6 nitrogen and oxygen atoms in total. The standard InChI is InChI=1S/C12H22N4O2S/c1-5-6-14-11-15-9(13)8(19-11)10(18)16(4)12(2,3)7-17/h17H,5-7,13H2,1-4H3,(H,14,15). The van der Waals surface area contributed by atoms with Gasteiger partial charge >= 0.3 is 0 Å². The number of aromatic nitrogens is 1. The molecule has 19 heavy (non-hydrogen) atoms. The summed E-state index contributed by atoms with van der Waals surface area (Å²) in [6.07, 6.45) is 0.972. The van der Waals surface area contributed by atoms with Crippen molar-refractivity contribution in [3.63, 3.8) is 0 Å². The predicted octanol–water partition coefficient (Wildman–Crippen LogP) is 1.39. The lowest BCUT2D eigenvalue weighted by atomic mass is 10.1. The number of nitrogens with one attached hydrogen (secondary N) is 1. The van der Waals surface area contributed by atoms with Crippen LogP contribution in [0, 0.1) is 0 Å². The van der Waals surface area contributed by atoms with E-state index < -0.39 is 5.54 Å². The first kappa shape index (κ1) is 15.7. The van der Waals surface area contributed by atoms with Gasteiger partial charge in [0.05, 0.1) is 12.1 Å². The Morgan fingerprint density at radius 2 is 2.21 bits per heavy atom. The number of amides is 1. The van der Waals surface area contributed by atoms with Crippen molar-refractivity contribution in [1.29, 1.82) is 0 Å². The molecule has 0 fully saturated rings. The number of anilines is 2. The average molecular weight is 286 g/mol. The van der Waals surface area contributed by atoms with E-state index in [-0.39, 0.29) is 18.3 Å². The lowest BCUT2D eigenvalue weighted by Gasteiger charge is -2.33. The van der Waals surface area contributed by atoms with Gasteiger partial charge in [-0.2, -0.15) is 0 Å². The summed E-state index contributed by atoms with van der Waals surface area (Å²) in [7, 11) is 1.65. The van der Waals surface area contributed by atoms with E-state index in [1.165, 1.54) is 16.2 Å². The fourth-order valence-electron chi connectivity index (χ4n) is 1.33. The topological polar surface area (TPSA) is 91.5 Å². The summed E-state index contributed by atoms with van der Waals surface area (Å²) in [5.74, 6) is 0.00721. The van der Waals surface area contributed by atoms with E-state index in [1.54, 1.807) is 20.9 Å². The summed E-state index contributed by atoms with van der Waals surface area (Å²) in [5, 5.41) is 13.1. The number of carbonyl (C=O) groups excluding carboxylic acids is 1. The Labute approximate surface area is 117 Å². The third-order valence-electron chi connectivity index (χ3n) is 2.97. The minimum absolute atomic E-state index is 0.116. The van der Waals surface area contributed by atoms with Crippen LogP contribution >= 0.6 is 11.3 Å². The number of likely N-dealkylation sites (N-methyl/N-ethyl adjacent to an activating group) is 1. The molecule has 0 bridgehead atoms. The van der Waals surface area contributed by atoms with Gasteiger partial charge in [-0.15, -0.1) is 0 Å². The predicted molar refractivity (Wildman–Crippen MR) is 78.6 cm³/mol. The molecule has 0 aliphatic rings. The molecule has 7 heteroatoms. The smallest absolute Gasteiger partial charge is 0.268 e. The molecule has 1 aromatic rings. The van der Waals surface area contributed by atoms with E-state index in [0.717, 1.165) is 13.0 Å². The van der Waals surface area contributed by atoms with Gasteiger partial charge in [0, 0.05) is 13.6 Å². The molecule has 0 aliphatic heterocycles. The SMILES string of the molecule is CCCNc1nc(N)c(C(=O)N(C)C(C)(C)CO)s1. The van der Waals surface area contributed by atoms with Gasteiger partial charge in [-0.1, -0.05) is 18.3 Å². The minimum atomic E-state index is -0.634. The zero-order valence-corrected chi connectivity index (χ0v) is 12.7. The molecule has 0 radical (unpaired) electrons. The molecule has 0 unspecified atom stereocenters. The number of hydrogen-bond acceptors (Lipinski definition) is 6. The van der Waals surface area contributed by atoms with Crippen LogP contribution in [0.15, 0.2) is 0 Å². The van der Waals surface area contributed by atoms with E-state index in [9.17, 15) is 9.90 Å². The van der Waals surface area contributed by atoms with Crippen molar-refractivity contribution in [3.8, 4) is 0 Å². The highest BCUT2D eigenvalue weighted by Gasteiger charge is 2.30. The van der Waals surface area contributed by atoms with Crippen LogP contribution in [-0.2, 0) is 0 Å². The third-order valence-corrected chi connectivity index (χ3v) is 3.99. The Bertz CT molecular complexity index is 445. The molecule has 1 rings (SSSR count). The second kappa shape index (κ2) is 6.21. The van der Waals surface area contributed by atoms with Crippen molar-refractivity contribution in [1.82, 2.24) is 9.88 Å². The number of aliphatic hydroxyl groups excluding tert-OH is 1. The molecule has 0 saturated heterocycles. The molecule has 0 aliphatic carbocycles. The Kier molecular flexibility index (Phi) is 5.13. The van der Waals surface area contributed by atoms with Crippen LogP contribution in [-0.4, -0.2) is 46.6 Å². The summed E-state index contributed by atoms with van der Waals surface area (Å²) in [6, 6.07) is 0. The van der Waals surface area contributed by atoms with Crippen LogP contribution in [0.2, 0.25) is 0 Å². The number of thiazole rings is 1. The maximum absolute atomic E-state index is 12.3. The van der Waals surface area contributed by atoms with Gasteiger partial charge < -0.3 is 21.1 Å². The van der Waals surface area contributed by atoms with E-state index in [1.807, 2.05) is 6.92 Å². The number of carbonyl (C=O) groups is 1. The fourth-order valence-corrected chi connectivity index (χ4v) is 2.21. The van der Waals surface area contributed by atoms with E-state index in [4.69, 9.17) is 5.73 Å². The maximum Gasteiger partial charge on any atom is 0.268 e. The zero-order valence-electron chi connectivity index (χ0n) is 11.9. The maximum atomic E-state index is 12.3. The molecular weight excluding hydrogens is 264 g/mol. The van der Waals surface area contributed by atoms with Gasteiger partial charge in [-0.05, 0) is 20.3 Å². The number of aliphatic hydroxyl groups is 1. The summed E-state index contributed by atoms with van der Waals surface area (Å²) in [4.78, 5) is 18.4. The van der Waals surface area contributed by atoms with Crippen molar-refractivity contribution in [2.45, 2.75) is 32.7 Å². The molecule has 4 N–H and O–H groups in total. The summed E-state index contributed by atoms with van der Waals surface area (Å²) in [5.41, 5.74) is 5.15. The van der Waals surface area contributed by atoms with Gasteiger partial charge in [0.25, 0.3) is 5.91 Å². The van der Waals surface area contributed by atoms with Crippen molar-refractivity contribution in [2.75, 3.05) is 31.2 Å². The van der Waals surface area contributed by atoms with E-state index in [2.05, 4.69) is 10.3 Å².